The molecule has 4 rings (SSSR count). The second kappa shape index (κ2) is 4.61. The molecular weight excluding hydrogens is 289 g/mol. The molecule has 1 saturated carbocycles. The Hall–Kier alpha value is -2.28. The van der Waals surface area contributed by atoms with Gasteiger partial charge in [0.05, 0.1) is 17.5 Å². The normalized spacial score (nSPS) is 26.8. The van der Waals surface area contributed by atoms with Crippen molar-refractivity contribution in [2.75, 3.05) is 0 Å². The molecule has 4 heteroatoms. The Bertz CT molecular complexity index is 837. The number of nitrogens with zero attached hydrogens (tertiary/aromatic N) is 3. The van der Waals surface area contributed by atoms with Gasteiger partial charge in [0.15, 0.2) is 0 Å². The number of hydrogen-bond acceptors (Lipinski definition) is 3. The second-order valence-electron chi connectivity index (χ2n) is 7.24. The first-order valence-electron chi connectivity index (χ1n) is 8.01. The van der Waals surface area contributed by atoms with E-state index in [1.165, 1.54) is 6.07 Å². The highest BCUT2D eigenvalue weighted by molar-refractivity contribution is 5.62. The highest BCUT2D eigenvalue weighted by Gasteiger charge is 2.63. The van der Waals surface area contributed by atoms with E-state index in [0.29, 0.717) is 23.6 Å². The lowest BCUT2D eigenvalue weighted by Crippen LogP contribution is -2.35. The molecule has 116 valence electrons. The number of benzene rings is 1. The molecule has 23 heavy (non-hydrogen) atoms. The third-order valence-electron chi connectivity index (χ3n) is 6.15. The van der Waals surface area contributed by atoms with Crippen molar-refractivity contribution in [3.05, 3.63) is 47.4 Å². The van der Waals surface area contributed by atoms with E-state index in [0.717, 1.165) is 24.1 Å². The smallest absolute Gasteiger partial charge is 0.132 e. The average Bonchev–Trinajstić information content (AvgIpc) is 2.89. The topological polar surface area (TPSA) is 49.6 Å². The summed E-state index contributed by atoms with van der Waals surface area (Å²) in [6.07, 6.45) is 2.51. The number of fused-ring (bicyclic) bond motifs is 5. The van der Waals surface area contributed by atoms with Gasteiger partial charge in [-0.2, -0.15) is 15.5 Å². The molecule has 1 aromatic heterocycles. The van der Waals surface area contributed by atoms with Crippen LogP contribution in [0.3, 0.4) is 0 Å². The molecule has 3 nitrogen and oxygen atoms in total. The largest absolute Gasteiger partial charge is 0.206 e. The second-order valence-corrected chi connectivity index (χ2v) is 7.24. The van der Waals surface area contributed by atoms with Crippen LogP contribution in [0.4, 0.5) is 4.39 Å². The minimum absolute atomic E-state index is 0.00635. The van der Waals surface area contributed by atoms with E-state index >= 15 is 0 Å². The highest BCUT2D eigenvalue weighted by Crippen LogP contribution is 2.68. The lowest BCUT2D eigenvalue weighted by Gasteiger charge is -2.35. The van der Waals surface area contributed by atoms with Crippen LogP contribution in [0.25, 0.3) is 11.3 Å². The van der Waals surface area contributed by atoms with Crippen molar-refractivity contribution in [3.63, 3.8) is 0 Å². The number of hydrogen-bond donors (Lipinski definition) is 0. The fraction of sp³-hybridized carbons (Fsp3) is 0.421. The number of nitriles is 1. The monoisotopic (exact) mass is 307 g/mol. The molecule has 0 spiro atoms. The molecule has 1 aromatic carbocycles. The minimum atomic E-state index is -0.282. The Balaban J connectivity index is 1.89. The van der Waals surface area contributed by atoms with Crippen LogP contribution in [0.15, 0.2) is 30.3 Å². The maximum absolute atomic E-state index is 14.1. The average molecular weight is 307 g/mol. The Labute approximate surface area is 135 Å². The van der Waals surface area contributed by atoms with Crippen molar-refractivity contribution >= 4 is 0 Å². The SMILES string of the molecule is CC1(C)C2CCC1(CC#N)c1nnc(-c3ccccc3F)cc12. The maximum atomic E-state index is 14.1. The molecule has 2 atom stereocenters. The van der Waals surface area contributed by atoms with Crippen molar-refractivity contribution in [3.8, 4) is 17.3 Å². The Morgan fingerprint density at radius 3 is 2.83 bits per heavy atom. The van der Waals surface area contributed by atoms with E-state index < -0.39 is 0 Å². The zero-order valence-electron chi connectivity index (χ0n) is 13.3. The summed E-state index contributed by atoms with van der Waals surface area (Å²) in [5, 5.41) is 18.1. The fourth-order valence-electron chi connectivity index (χ4n) is 4.75. The van der Waals surface area contributed by atoms with Crippen LogP contribution in [-0.4, -0.2) is 10.2 Å². The van der Waals surface area contributed by atoms with Crippen molar-refractivity contribution in [2.24, 2.45) is 5.41 Å². The number of rotatable bonds is 2. The summed E-state index contributed by atoms with van der Waals surface area (Å²) >= 11 is 0. The third-order valence-corrected chi connectivity index (χ3v) is 6.15. The lowest BCUT2D eigenvalue weighted by molar-refractivity contribution is 0.209. The van der Waals surface area contributed by atoms with Gasteiger partial charge in [0.25, 0.3) is 0 Å². The Morgan fingerprint density at radius 2 is 2.09 bits per heavy atom. The quantitative estimate of drug-likeness (QED) is 0.828. The van der Waals surface area contributed by atoms with Crippen molar-refractivity contribution in [2.45, 2.75) is 44.4 Å². The van der Waals surface area contributed by atoms with Gasteiger partial charge in [-0.25, -0.2) is 4.39 Å². The van der Waals surface area contributed by atoms with Gasteiger partial charge in [0, 0.05) is 17.4 Å². The van der Waals surface area contributed by atoms with Crippen LogP contribution in [-0.2, 0) is 5.41 Å². The molecule has 0 radical (unpaired) electrons. The van der Waals surface area contributed by atoms with E-state index in [2.05, 4.69) is 30.1 Å². The van der Waals surface area contributed by atoms with Gasteiger partial charge in [0.1, 0.15) is 5.82 Å². The predicted molar refractivity (Wildman–Crippen MR) is 85.1 cm³/mol. The molecular formula is C19H18FN3. The zero-order chi connectivity index (χ0) is 16.2. The summed E-state index contributed by atoms with van der Waals surface area (Å²) in [7, 11) is 0. The summed E-state index contributed by atoms with van der Waals surface area (Å²) in [4.78, 5) is 0. The fourth-order valence-corrected chi connectivity index (χ4v) is 4.75. The van der Waals surface area contributed by atoms with Crippen LogP contribution < -0.4 is 0 Å². The third kappa shape index (κ3) is 1.68. The van der Waals surface area contributed by atoms with E-state index in [9.17, 15) is 9.65 Å². The van der Waals surface area contributed by atoms with E-state index in [-0.39, 0.29) is 16.6 Å². The molecule has 1 heterocycles. The van der Waals surface area contributed by atoms with Gasteiger partial charge in [-0.1, -0.05) is 26.0 Å². The molecule has 0 N–H and O–H groups in total. The standard InChI is InChI=1S/C19H18FN3/c1-18(2)14-7-8-19(18,9-10-21)17-13(14)11-16(22-23-17)12-5-3-4-6-15(12)20/h3-6,11,14H,7-9H2,1-2H3. The summed E-state index contributed by atoms with van der Waals surface area (Å²) in [6, 6.07) is 11.0. The molecule has 0 amide bonds. The molecule has 2 unspecified atom stereocenters. The van der Waals surface area contributed by atoms with Gasteiger partial charge in [-0.15, -0.1) is 0 Å². The summed E-state index contributed by atoms with van der Waals surface area (Å²) in [5.41, 5.74) is 2.97. The summed E-state index contributed by atoms with van der Waals surface area (Å²) in [5.74, 6) is 0.0859. The zero-order valence-corrected chi connectivity index (χ0v) is 13.3. The molecule has 2 bridgehead atoms. The van der Waals surface area contributed by atoms with Crippen LogP contribution >= 0.6 is 0 Å². The Morgan fingerprint density at radius 1 is 1.30 bits per heavy atom. The number of halogens is 1. The van der Waals surface area contributed by atoms with E-state index in [4.69, 9.17) is 0 Å². The summed E-state index contributed by atoms with van der Waals surface area (Å²) < 4.78 is 14.1. The first-order valence-corrected chi connectivity index (χ1v) is 8.01. The van der Waals surface area contributed by atoms with Crippen LogP contribution in [0.5, 0.6) is 0 Å². The van der Waals surface area contributed by atoms with Gasteiger partial charge in [0.2, 0.25) is 0 Å². The molecule has 0 aliphatic heterocycles. The van der Waals surface area contributed by atoms with Gasteiger partial charge in [-0.05, 0) is 47.9 Å². The summed E-state index contributed by atoms with van der Waals surface area (Å²) in [6.45, 7) is 4.46. The van der Waals surface area contributed by atoms with Crippen molar-refractivity contribution < 1.29 is 4.39 Å². The molecule has 2 aliphatic carbocycles. The van der Waals surface area contributed by atoms with Crippen molar-refractivity contribution in [1.29, 1.82) is 5.26 Å². The van der Waals surface area contributed by atoms with Gasteiger partial charge < -0.3 is 0 Å². The number of aromatic nitrogens is 2. The first kappa shape index (κ1) is 14.3. The molecule has 0 saturated heterocycles. The van der Waals surface area contributed by atoms with Crippen molar-refractivity contribution in [1.82, 2.24) is 10.2 Å². The lowest BCUT2D eigenvalue weighted by atomic mass is 9.67. The van der Waals surface area contributed by atoms with Crippen LogP contribution in [0.1, 0.15) is 50.3 Å². The van der Waals surface area contributed by atoms with E-state index in [1.807, 2.05) is 6.07 Å². The van der Waals surface area contributed by atoms with Gasteiger partial charge >= 0.3 is 0 Å². The molecule has 2 aliphatic rings. The minimum Gasteiger partial charge on any atom is -0.206 e. The first-order chi connectivity index (χ1) is 11.0. The molecule has 2 aromatic rings. The van der Waals surface area contributed by atoms with Gasteiger partial charge in [-0.3, -0.25) is 0 Å². The van der Waals surface area contributed by atoms with E-state index in [1.54, 1.807) is 18.2 Å². The molecule has 1 fully saturated rings. The highest BCUT2D eigenvalue weighted by atomic mass is 19.1. The van der Waals surface area contributed by atoms with Crippen LogP contribution in [0, 0.1) is 22.6 Å². The maximum Gasteiger partial charge on any atom is 0.132 e. The van der Waals surface area contributed by atoms with Crippen LogP contribution in [0.2, 0.25) is 0 Å². The Kier molecular flexibility index (Phi) is 2.87. The predicted octanol–water partition coefficient (Wildman–Crippen LogP) is 4.35.